The van der Waals surface area contributed by atoms with Crippen LogP contribution in [0.4, 0.5) is 0 Å². The summed E-state index contributed by atoms with van der Waals surface area (Å²) in [6, 6.07) is -13.6. The number of amides is 11. The first-order chi connectivity index (χ1) is 45.5. The van der Waals surface area contributed by atoms with Gasteiger partial charge in [-0.05, 0) is 116 Å². The van der Waals surface area contributed by atoms with Gasteiger partial charge in [-0.25, -0.2) is 0 Å². The number of carbonyl (C=O) groups excluding carboxylic acids is 11. The van der Waals surface area contributed by atoms with Gasteiger partial charge in [-0.2, -0.15) is 0 Å². The monoisotopic (exact) mass is 1390 g/mol. The number of ether oxygens (including phenoxy) is 1. The minimum Gasteiger partial charge on any atom is -0.390 e. The van der Waals surface area contributed by atoms with Crippen LogP contribution in [0.5, 0.6) is 0 Å². The summed E-state index contributed by atoms with van der Waals surface area (Å²) in [5, 5.41) is 23.5. The molecule has 0 bridgehead atoms. The van der Waals surface area contributed by atoms with Gasteiger partial charge in [0.2, 0.25) is 65.0 Å². The molecule has 5 N–H and O–H groups in total. The molecule has 98 heavy (non-hydrogen) atoms. The number of nitrogens with zero attached hydrogens (tertiary/aromatic N) is 9. The van der Waals surface area contributed by atoms with Crippen molar-refractivity contribution in [2.75, 3.05) is 95.3 Å². The molecule has 0 aromatic heterocycles. The minimum absolute atomic E-state index is 0.00346. The van der Waals surface area contributed by atoms with E-state index in [2.05, 4.69) is 44.9 Å². The van der Waals surface area contributed by atoms with Crippen LogP contribution in [0.15, 0.2) is 12.2 Å². The Bertz CT molecular complexity index is 2670. The average molecular weight is 1390 g/mol. The molecular weight excluding hydrogens is 1250 g/mol. The number of aliphatic hydroxyl groups excluding tert-OH is 1. The maximum Gasteiger partial charge on any atom is 0.246 e. The summed E-state index contributed by atoms with van der Waals surface area (Å²) in [4.78, 5) is 177. The van der Waals surface area contributed by atoms with Crippen molar-refractivity contribution in [3.8, 4) is 0 Å². The fourth-order valence-corrected chi connectivity index (χ4v) is 13.0. The first-order valence-electron chi connectivity index (χ1n) is 35.9. The maximum atomic E-state index is 15.3. The third kappa shape index (κ3) is 24.5. The van der Waals surface area contributed by atoms with Crippen LogP contribution in [0.1, 0.15) is 170 Å². The van der Waals surface area contributed by atoms with Crippen LogP contribution >= 0.6 is 0 Å². The Balaban J connectivity index is 3.02. The van der Waals surface area contributed by atoms with Gasteiger partial charge in [0.05, 0.1) is 19.3 Å². The van der Waals surface area contributed by atoms with Crippen molar-refractivity contribution in [3.63, 3.8) is 0 Å². The van der Waals surface area contributed by atoms with Crippen molar-refractivity contribution < 1.29 is 62.6 Å². The lowest BCUT2D eigenvalue weighted by atomic mass is 9.91. The van der Waals surface area contributed by atoms with Gasteiger partial charge in [0.25, 0.3) is 0 Å². The summed E-state index contributed by atoms with van der Waals surface area (Å²) in [6.07, 6.45) is 3.31. The van der Waals surface area contributed by atoms with E-state index in [0.29, 0.717) is 32.0 Å². The Hall–Kier alpha value is -6.25. The number of piperazine rings is 1. The predicted molar refractivity (Wildman–Crippen MR) is 381 cm³/mol. The van der Waals surface area contributed by atoms with Crippen molar-refractivity contribution in [1.29, 1.82) is 0 Å². The zero-order valence-electron chi connectivity index (χ0n) is 64.8. The van der Waals surface area contributed by atoms with E-state index in [1.54, 1.807) is 61.5 Å². The normalized spacial score (nSPS) is 27.4. The Morgan fingerprint density at radius 2 is 0.990 bits per heavy atom. The van der Waals surface area contributed by atoms with Gasteiger partial charge in [-0.1, -0.05) is 102 Å². The van der Waals surface area contributed by atoms with E-state index in [-0.39, 0.29) is 50.0 Å². The number of hydrogen-bond donors (Lipinski definition) is 5. The van der Waals surface area contributed by atoms with E-state index in [1.165, 1.54) is 94.6 Å². The second kappa shape index (κ2) is 40.9. The third-order valence-corrected chi connectivity index (χ3v) is 19.7. The molecule has 0 saturated carbocycles. The van der Waals surface area contributed by atoms with Gasteiger partial charge in [-0.3, -0.25) is 62.5 Å². The van der Waals surface area contributed by atoms with Crippen molar-refractivity contribution in [2.45, 2.75) is 249 Å². The summed E-state index contributed by atoms with van der Waals surface area (Å²) < 4.78 is 6.28. The second-order valence-corrected chi connectivity index (χ2v) is 30.1. The number of hydrogen-bond acceptors (Lipinski definition) is 15. The maximum absolute atomic E-state index is 15.3. The highest BCUT2D eigenvalue weighted by molar-refractivity contribution is 6.00. The highest BCUT2D eigenvalue weighted by Crippen LogP contribution is 2.26. The van der Waals surface area contributed by atoms with Crippen LogP contribution in [0.2, 0.25) is 0 Å². The third-order valence-electron chi connectivity index (χ3n) is 19.7. The fraction of sp³-hybridized carbons (Fsp3) is 0.819. The van der Waals surface area contributed by atoms with Crippen LogP contribution in [-0.4, -0.2) is 288 Å². The van der Waals surface area contributed by atoms with Gasteiger partial charge in [0.1, 0.15) is 66.5 Å². The van der Waals surface area contributed by atoms with Gasteiger partial charge in [0, 0.05) is 94.0 Å². The second-order valence-electron chi connectivity index (χ2n) is 30.1. The van der Waals surface area contributed by atoms with Crippen LogP contribution in [-0.2, 0) is 57.5 Å². The summed E-state index contributed by atoms with van der Waals surface area (Å²) in [5.74, 6) is -10.3. The standard InChI is InChI=1S/C72H131N13O13/c1-27-29-30-48(15)61(86)60-65(90)75-53(28-2)68(93)77(20)52(19)67(92)82(25)59(49(16)41-98-38-37-84-33-35-85(36-34-84)47(13)14)64(89)76-57(45(9)10)71(96)78(21)54(32-31-42(3)4)63(88)73-50(17)62(87)74-51(18)66(91)79(22)55(39-43(5)6)69(94)80(23)56(40-44(7)8)70(95)81(24)58(46(11)12)72(97)83(60)26/h27,29,42-61,86H,28,30-41H2,1-26H3,(H,73,88)(H,74,87)(H,75,90)(H,76,89)/b29-27+/t48-,49-,50+,51-,52-,53+,54+,55+,56+,57+,58+,59+,60+,61-/m1/s1. The number of likely N-dealkylation sites (N-methyl/N-ethyl adjacent to an activating group) is 7. The van der Waals surface area contributed by atoms with E-state index < -0.39 is 161 Å². The lowest BCUT2D eigenvalue weighted by Gasteiger charge is -2.41. The lowest BCUT2D eigenvalue weighted by Crippen LogP contribution is -2.64. The van der Waals surface area contributed by atoms with E-state index in [4.69, 9.17) is 4.74 Å². The Kier molecular flexibility index (Phi) is 36.6. The van der Waals surface area contributed by atoms with Gasteiger partial charge >= 0.3 is 0 Å². The van der Waals surface area contributed by atoms with E-state index in [9.17, 15) is 24.3 Å². The Morgan fingerprint density at radius 1 is 0.500 bits per heavy atom. The zero-order valence-corrected chi connectivity index (χ0v) is 64.8. The molecule has 0 aromatic rings. The Labute approximate surface area is 588 Å². The van der Waals surface area contributed by atoms with Crippen LogP contribution < -0.4 is 21.3 Å². The molecule has 11 amide bonds. The largest absolute Gasteiger partial charge is 0.390 e. The topological polar surface area (TPSA) is 295 Å². The molecule has 14 atom stereocenters. The summed E-state index contributed by atoms with van der Waals surface area (Å²) >= 11 is 0. The molecular formula is C72H131N13O13. The first kappa shape index (κ1) is 87.8. The molecule has 2 aliphatic heterocycles. The molecule has 2 heterocycles. The number of nitrogens with one attached hydrogen (secondary N) is 4. The van der Waals surface area contributed by atoms with Crippen LogP contribution in [0.25, 0.3) is 0 Å². The highest BCUT2D eigenvalue weighted by atomic mass is 16.5. The first-order valence-corrected chi connectivity index (χ1v) is 35.9. The molecule has 562 valence electrons. The zero-order chi connectivity index (χ0) is 75.2. The van der Waals surface area contributed by atoms with Crippen LogP contribution in [0, 0.1) is 41.4 Å². The number of rotatable bonds is 21. The van der Waals surface area contributed by atoms with Crippen LogP contribution in [0.3, 0.4) is 0 Å². The van der Waals surface area contributed by atoms with E-state index >= 15 is 33.6 Å². The average Bonchev–Trinajstić information content (AvgIpc) is 0.801. The summed E-state index contributed by atoms with van der Waals surface area (Å²) in [7, 11) is 10.00. The summed E-state index contributed by atoms with van der Waals surface area (Å²) in [6.45, 7) is 38.5. The van der Waals surface area contributed by atoms with E-state index in [0.717, 1.165) is 36.0 Å². The Morgan fingerprint density at radius 3 is 1.48 bits per heavy atom. The lowest BCUT2D eigenvalue weighted by molar-refractivity contribution is -0.157. The molecule has 0 spiro atoms. The molecule has 0 aliphatic carbocycles. The molecule has 2 aliphatic rings. The van der Waals surface area contributed by atoms with E-state index in [1.807, 2.05) is 47.6 Å². The fourth-order valence-electron chi connectivity index (χ4n) is 13.0. The molecule has 26 nitrogen and oxygen atoms in total. The summed E-state index contributed by atoms with van der Waals surface area (Å²) in [5.41, 5.74) is 0. The molecule has 2 saturated heterocycles. The number of aliphatic hydroxyl groups is 1. The van der Waals surface area contributed by atoms with Gasteiger partial charge in [-0.15, -0.1) is 0 Å². The van der Waals surface area contributed by atoms with Gasteiger partial charge < -0.3 is 65.4 Å². The number of allylic oxidation sites excluding steroid dienone is 2. The smallest absolute Gasteiger partial charge is 0.246 e. The molecule has 0 unspecified atom stereocenters. The van der Waals surface area contributed by atoms with Crippen molar-refractivity contribution in [1.82, 2.24) is 65.4 Å². The molecule has 2 fully saturated rings. The van der Waals surface area contributed by atoms with Gasteiger partial charge in [0.15, 0.2) is 0 Å². The van der Waals surface area contributed by atoms with Crippen molar-refractivity contribution in [3.05, 3.63) is 12.2 Å². The SMILES string of the molecule is C/C=C/C[C@@H](C)[C@@H](O)[C@H]1C(=O)N[C@@H](CC)C(=O)N(C)[C@H](C)C(=O)N(C)[C@@H]([C@H](C)COCCN2CCN(C(C)C)CC2)C(=O)N[C@@H](C(C)C)C(=O)N(C)[C@@H](CCC(C)C)C(=O)N[C@@H](C)C(=O)N[C@H](C)C(=O)N(C)[C@@H](CC(C)C)C(=O)N(C)[C@@H](CC(C)C)C(=O)N(C)[C@@H](C(C)C)C(=O)N1C. The van der Waals surface area contributed by atoms with Crippen molar-refractivity contribution >= 4 is 65.0 Å². The number of carbonyl (C=O) groups is 11. The molecule has 2 rings (SSSR count). The predicted octanol–water partition coefficient (Wildman–Crippen LogP) is 3.68. The minimum atomic E-state index is -1.64. The van der Waals surface area contributed by atoms with Crippen molar-refractivity contribution in [2.24, 2.45) is 41.4 Å². The quantitative estimate of drug-likeness (QED) is 0.0809. The molecule has 0 aromatic carbocycles. The molecule has 0 radical (unpaired) electrons. The highest BCUT2D eigenvalue weighted by Gasteiger charge is 2.46. The molecule has 26 heteroatoms.